The highest BCUT2D eigenvalue weighted by Gasteiger charge is 1.99. The summed E-state index contributed by atoms with van der Waals surface area (Å²) in [6.07, 6.45) is 6.12. The molecule has 0 unspecified atom stereocenters. The van der Waals surface area contributed by atoms with Crippen LogP contribution in [0.3, 0.4) is 0 Å². The van der Waals surface area contributed by atoms with Crippen LogP contribution < -0.4 is 0 Å². The molecule has 0 N–H and O–H groups in total. The van der Waals surface area contributed by atoms with E-state index in [0.29, 0.717) is 0 Å². The monoisotopic (exact) mass is 153 g/mol. The van der Waals surface area contributed by atoms with E-state index in [0.717, 1.165) is 24.5 Å². The quantitative estimate of drug-likeness (QED) is 0.664. The van der Waals surface area contributed by atoms with Gasteiger partial charge >= 0.3 is 0 Å². The van der Waals surface area contributed by atoms with Gasteiger partial charge in [-0.15, -0.1) is 0 Å². The molecule has 2 heteroatoms. The predicted molar refractivity (Wildman–Crippen MR) is 44.5 cm³/mol. The molecule has 0 radical (unpaired) electrons. The molecule has 0 spiro atoms. The fraction of sp³-hybridized carbons (Fsp3) is 0.667. The average Bonchev–Trinajstić information content (AvgIpc) is 2.48. The molecule has 1 heterocycles. The molecule has 0 atom stereocenters. The lowest BCUT2D eigenvalue weighted by atomic mass is 10.2. The highest BCUT2D eigenvalue weighted by atomic mass is 16.4. The van der Waals surface area contributed by atoms with Crippen molar-refractivity contribution in [1.82, 2.24) is 4.98 Å². The second kappa shape index (κ2) is 4.16. The van der Waals surface area contributed by atoms with Gasteiger partial charge in [-0.2, -0.15) is 0 Å². The molecular formula is C9H15NO. The Labute approximate surface area is 67.6 Å². The normalized spacial score (nSPS) is 10.4. The Morgan fingerprint density at radius 3 is 2.82 bits per heavy atom. The molecule has 0 bridgehead atoms. The number of oxazole rings is 1. The smallest absolute Gasteiger partial charge is 0.194 e. The first-order valence-electron chi connectivity index (χ1n) is 4.30. The van der Waals surface area contributed by atoms with Crippen LogP contribution in [0.2, 0.25) is 0 Å². The van der Waals surface area contributed by atoms with Gasteiger partial charge in [0.15, 0.2) is 5.89 Å². The molecule has 0 aliphatic rings. The van der Waals surface area contributed by atoms with Crippen LogP contribution in [0.4, 0.5) is 0 Å². The number of aromatic nitrogens is 1. The Morgan fingerprint density at radius 2 is 2.27 bits per heavy atom. The first-order valence-corrected chi connectivity index (χ1v) is 4.30. The summed E-state index contributed by atoms with van der Waals surface area (Å²) in [5.74, 6) is 1.89. The lowest BCUT2D eigenvalue weighted by molar-refractivity contribution is 0.452. The van der Waals surface area contributed by atoms with E-state index in [1.54, 1.807) is 0 Å². The molecule has 0 amide bonds. The maximum absolute atomic E-state index is 5.42. The van der Waals surface area contributed by atoms with Crippen molar-refractivity contribution >= 4 is 0 Å². The Bertz CT molecular complexity index is 205. The van der Waals surface area contributed by atoms with Crippen molar-refractivity contribution in [3.8, 4) is 0 Å². The van der Waals surface area contributed by atoms with Gasteiger partial charge in [0, 0.05) is 12.8 Å². The van der Waals surface area contributed by atoms with E-state index in [2.05, 4.69) is 18.8 Å². The number of hydrogen-bond acceptors (Lipinski definition) is 2. The van der Waals surface area contributed by atoms with Gasteiger partial charge < -0.3 is 4.42 Å². The van der Waals surface area contributed by atoms with Crippen molar-refractivity contribution in [3.63, 3.8) is 0 Å². The molecule has 0 aliphatic carbocycles. The molecule has 0 fully saturated rings. The van der Waals surface area contributed by atoms with E-state index in [-0.39, 0.29) is 0 Å². The summed E-state index contributed by atoms with van der Waals surface area (Å²) >= 11 is 0. The summed E-state index contributed by atoms with van der Waals surface area (Å²) < 4.78 is 5.42. The average molecular weight is 153 g/mol. The maximum atomic E-state index is 5.42. The molecule has 0 aliphatic heterocycles. The van der Waals surface area contributed by atoms with Crippen LogP contribution >= 0.6 is 0 Å². The van der Waals surface area contributed by atoms with Crippen molar-refractivity contribution in [2.24, 2.45) is 0 Å². The number of hydrogen-bond donors (Lipinski definition) is 0. The van der Waals surface area contributed by atoms with Gasteiger partial charge in [0.1, 0.15) is 5.76 Å². The number of unbranched alkanes of at least 4 members (excludes halogenated alkanes) is 1. The molecule has 2 nitrogen and oxygen atoms in total. The predicted octanol–water partition coefficient (Wildman–Crippen LogP) is 2.58. The van der Waals surface area contributed by atoms with E-state index in [9.17, 15) is 0 Å². The minimum atomic E-state index is 0.892. The van der Waals surface area contributed by atoms with E-state index in [1.807, 2.05) is 6.20 Å². The number of aryl methyl sites for hydroxylation is 2. The summed E-state index contributed by atoms with van der Waals surface area (Å²) in [6, 6.07) is 0. The van der Waals surface area contributed by atoms with Crippen LogP contribution in [0, 0.1) is 0 Å². The van der Waals surface area contributed by atoms with Crippen LogP contribution in [0.5, 0.6) is 0 Å². The largest absolute Gasteiger partial charge is 0.446 e. The van der Waals surface area contributed by atoms with E-state index in [1.165, 1.54) is 12.8 Å². The Balaban J connectivity index is 2.44. The van der Waals surface area contributed by atoms with Gasteiger partial charge in [-0.05, 0) is 6.42 Å². The van der Waals surface area contributed by atoms with Crippen molar-refractivity contribution in [1.29, 1.82) is 0 Å². The molecule has 11 heavy (non-hydrogen) atoms. The van der Waals surface area contributed by atoms with Gasteiger partial charge in [-0.1, -0.05) is 20.3 Å². The van der Waals surface area contributed by atoms with E-state index in [4.69, 9.17) is 4.42 Å². The standard InChI is InChI=1S/C9H15NO/c1-3-5-6-9-10-7-8(4-2)11-9/h7H,3-6H2,1-2H3. The maximum Gasteiger partial charge on any atom is 0.194 e. The first-order chi connectivity index (χ1) is 5.36. The highest BCUT2D eigenvalue weighted by molar-refractivity contribution is 4.93. The zero-order chi connectivity index (χ0) is 8.10. The van der Waals surface area contributed by atoms with E-state index >= 15 is 0 Å². The van der Waals surface area contributed by atoms with Crippen molar-refractivity contribution < 1.29 is 4.42 Å². The Kier molecular flexibility index (Phi) is 3.14. The molecular weight excluding hydrogens is 138 g/mol. The highest BCUT2D eigenvalue weighted by Crippen LogP contribution is 2.06. The minimum Gasteiger partial charge on any atom is -0.446 e. The Hall–Kier alpha value is -0.790. The van der Waals surface area contributed by atoms with Crippen LogP contribution in [0.1, 0.15) is 38.3 Å². The van der Waals surface area contributed by atoms with Crippen molar-refractivity contribution in [2.75, 3.05) is 0 Å². The summed E-state index contributed by atoms with van der Waals surface area (Å²) in [6.45, 7) is 4.24. The SMILES string of the molecule is CCCCc1ncc(CC)o1. The van der Waals surface area contributed by atoms with Gasteiger partial charge in [0.2, 0.25) is 0 Å². The topological polar surface area (TPSA) is 26.0 Å². The lowest BCUT2D eigenvalue weighted by Gasteiger charge is -1.90. The molecule has 0 saturated carbocycles. The molecule has 0 saturated heterocycles. The fourth-order valence-electron chi connectivity index (χ4n) is 0.955. The second-order valence-corrected chi connectivity index (χ2v) is 2.68. The van der Waals surface area contributed by atoms with Crippen LogP contribution in [0.15, 0.2) is 10.6 Å². The van der Waals surface area contributed by atoms with Gasteiger partial charge in [-0.3, -0.25) is 0 Å². The van der Waals surface area contributed by atoms with Crippen molar-refractivity contribution in [3.05, 3.63) is 17.8 Å². The van der Waals surface area contributed by atoms with Gasteiger partial charge in [-0.25, -0.2) is 4.98 Å². The number of rotatable bonds is 4. The van der Waals surface area contributed by atoms with Crippen LogP contribution in [-0.4, -0.2) is 4.98 Å². The third-order valence-corrected chi connectivity index (χ3v) is 1.69. The van der Waals surface area contributed by atoms with Crippen LogP contribution in [-0.2, 0) is 12.8 Å². The Morgan fingerprint density at radius 1 is 1.45 bits per heavy atom. The van der Waals surface area contributed by atoms with Crippen molar-refractivity contribution in [2.45, 2.75) is 39.5 Å². The van der Waals surface area contributed by atoms with E-state index < -0.39 is 0 Å². The summed E-state index contributed by atoms with van der Waals surface area (Å²) in [4.78, 5) is 4.16. The molecule has 0 aromatic carbocycles. The first kappa shape index (κ1) is 8.31. The minimum absolute atomic E-state index is 0.892. The zero-order valence-electron chi connectivity index (χ0n) is 7.26. The lowest BCUT2D eigenvalue weighted by Crippen LogP contribution is -1.82. The van der Waals surface area contributed by atoms with Gasteiger partial charge in [0.25, 0.3) is 0 Å². The number of nitrogens with zero attached hydrogens (tertiary/aromatic N) is 1. The molecule has 1 aromatic rings. The summed E-state index contributed by atoms with van der Waals surface area (Å²) in [5.41, 5.74) is 0. The summed E-state index contributed by atoms with van der Waals surface area (Å²) in [5, 5.41) is 0. The van der Waals surface area contributed by atoms with Gasteiger partial charge in [0.05, 0.1) is 6.20 Å². The third kappa shape index (κ3) is 2.37. The molecule has 1 rings (SSSR count). The zero-order valence-corrected chi connectivity index (χ0v) is 7.26. The summed E-state index contributed by atoms with van der Waals surface area (Å²) in [7, 11) is 0. The van der Waals surface area contributed by atoms with Crippen LogP contribution in [0.25, 0.3) is 0 Å². The third-order valence-electron chi connectivity index (χ3n) is 1.69. The second-order valence-electron chi connectivity index (χ2n) is 2.68. The molecule has 1 aromatic heterocycles. The fourth-order valence-corrected chi connectivity index (χ4v) is 0.955. The molecule has 62 valence electrons.